The highest BCUT2D eigenvalue weighted by Gasteiger charge is 2.30. The first-order valence-corrected chi connectivity index (χ1v) is 33.3. The van der Waals surface area contributed by atoms with Gasteiger partial charge in [-0.05, 0) is 152 Å². The SMILES string of the molecule is CCCC(CC(=O)O)n1c(=O)n(Cc2cn(C)c3cc(C)cc(C)c23)c2ccc(C#N)nc21.CCCC(CC(=O)O)n1c(=O)n(Cc2cn(C)c3cccc(C)c23)c2ccc(C#N)nc21.Cc1cccc2c1c(Cn1c(=O)n([C@H](CC(=O)O)c3ccc(Cl)cc3)c3nc(C#N)ccc31)cn2C. The Morgan fingerprint density at radius 1 is 0.465 bits per heavy atom. The number of benzene rings is 4. The molecule has 4 aromatic carbocycles. The molecule has 9 heterocycles. The fourth-order valence-corrected chi connectivity index (χ4v) is 14.4. The molecule has 514 valence electrons. The van der Waals surface area contributed by atoms with Crippen LogP contribution in [0, 0.1) is 61.7 Å². The van der Waals surface area contributed by atoms with Crippen molar-refractivity contribution in [2.24, 2.45) is 21.1 Å². The van der Waals surface area contributed by atoms with E-state index in [1.165, 1.54) is 19.3 Å². The molecule has 0 saturated carbocycles. The van der Waals surface area contributed by atoms with Crippen molar-refractivity contribution < 1.29 is 29.7 Å². The molecule has 3 N–H and O–H groups in total. The van der Waals surface area contributed by atoms with E-state index in [9.17, 15) is 59.9 Å². The lowest BCUT2D eigenvalue weighted by atomic mass is 10.0. The second-order valence-electron chi connectivity index (χ2n) is 25.6. The van der Waals surface area contributed by atoms with Crippen molar-refractivity contribution in [3.05, 3.63) is 226 Å². The summed E-state index contributed by atoms with van der Waals surface area (Å²) in [5, 5.41) is 60.5. The number of hydrogen-bond donors (Lipinski definition) is 3. The van der Waals surface area contributed by atoms with Gasteiger partial charge in [0.25, 0.3) is 0 Å². The minimum Gasteiger partial charge on any atom is -0.481 e. The summed E-state index contributed by atoms with van der Waals surface area (Å²) in [4.78, 5) is 89.4. The number of fused-ring (bicyclic) bond motifs is 6. The van der Waals surface area contributed by atoms with Crippen LogP contribution in [0.3, 0.4) is 0 Å². The first kappa shape index (κ1) is 70.3. The summed E-state index contributed by atoms with van der Waals surface area (Å²) in [6.45, 7) is 13.0. The Hall–Kier alpha value is -12.1. The molecule has 13 aromatic rings. The van der Waals surface area contributed by atoms with E-state index in [-0.39, 0.29) is 59.9 Å². The maximum absolute atomic E-state index is 14.0. The molecule has 0 saturated heterocycles. The van der Waals surface area contributed by atoms with E-state index < -0.39 is 41.7 Å². The Bertz CT molecular complexity index is 5770. The summed E-state index contributed by atoms with van der Waals surface area (Å²) in [5.41, 5.74) is 13.5. The van der Waals surface area contributed by atoms with Gasteiger partial charge in [0.05, 0.1) is 73.6 Å². The van der Waals surface area contributed by atoms with Crippen molar-refractivity contribution in [2.75, 3.05) is 0 Å². The fraction of sp³-hybridized carbons (Fsp3) is 0.289. The predicted octanol–water partition coefficient (Wildman–Crippen LogP) is 12.4. The zero-order valence-electron chi connectivity index (χ0n) is 57.3. The first-order chi connectivity index (χ1) is 48.4. The van der Waals surface area contributed by atoms with Crippen LogP contribution in [0.5, 0.6) is 0 Å². The normalized spacial score (nSPS) is 12.3. The van der Waals surface area contributed by atoms with Crippen molar-refractivity contribution in [3.8, 4) is 18.2 Å². The summed E-state index contributed by atoms with van der Waals surface area (Å²) in [5.74, 6) is -3.01. The van der Waals surface area contributed by atoms with Crippen LogP contribution in [-0.4, -0.2) is 89.3 Å². The number of imidazole rings is 3. The van der Waals surface area contributed by atoms with Crippen LogP contribution in [-0.2, 0) is 55.2 Å². The van der Waals surface area contributed by atoms with Crippen LogP contribution in [0.4, 0.5) is 0 Å². The van der Waals surface area contributed by atoms with Crippen LogP contribution in [0.15, 0.2) is 142 Å². The summed E-state index contributed by atoms with van der Waals surface area (Å²) < 4.78 is 15.3. The number of aromatic nitrogens is 12. The number of rotatable bonds is 20. The van der Waals surface area contributed by atoms with E-state index in [2.05, 4.69) is 45.5 Å². The molecular formula is C76H74ClN15O9. The summed E-state index contributed by atoms with van der Waals surface area (Å²) in [6.07, 6.45) is 7.83. The van der Waals surface area contributed by atoms with Crippen molar-refractivity contribution in [2.45, 2.75) is 124 Å². The fourth-order valence-electron chi connectivity index (χ4n) is 14.3. The van der Waals surface area contributed by atoms with Crippen LogP contribution in [0.1, 0.15) is 139 Å². The molecule has 0 bridgehead atoms. The Morgan fingerprint density at radius 2 is 0.832 bits per heavy atom. The molecule has 25 heteroatoms. The van der Waals surface area contributed by atoms with E-state index in [1.54, 1.807) is 74.4 Å². The molecule has 13 rings (SSSR count). The number of carbonyl (C=O) groups is 3. The number of nitrogens with zero attached hydrogens (tertiary/aromatic N) is 15. The molecule has 0 radical (unpaired) electrons. The van der Waals surface area contributed by atoms with Crippen molar-refractivity contribution in [1.82, 2.24) is 56.1 Å². The number of carboxylic acid groups (broad SMARTS) is 3. The van der Waals surface area contributed by atoms with E-state index in [1.807, 2.05) is 131 Å². The number of nitriles is 3. The number of aryl methyl sites for hydroxylation is 7. The Labute approximate surface area is 583 Å². The minimum atomic E-state index is -1.07. The topological polar surface area (TPSA) is 318 Å². The highest BCUT2D eigenvalue weighted by atomic mass is 35.5. The number of aliphatic carboxylic acids is 3. The van der Waals surface area contributed by atoms with E-state index in [4.69, 9.17) is 11.6 Å². The van der Waals surface area contributed by atoms with Gasteiger partial charge in [0.1, 0.15) is 35.3 Å². The molecule has 9 aromatic heterocycles. The number of carboxylic acids is 3. The smallest absolute Gasteiger partial charge is 0.331 e. The lowest BCUT2D eigenvalue weighted by Gasteiger charge is -2.17. The molecule has 24 nitrogen and oxygen atoms in total. The third-order valence-corrected chi connectivity index (χ3v) is 18.9. The van der Waals surface area contributed by atoms with Gasteiger partial charge in [-0.1, -0.05) is 80.8 Å². The maximum Gasteiger partial charge on any atom is 0.331 e. The Kier molecular flexibility index (Phi) is 20.3. The Balaban J connectivity index is 0.000000153. The molecule has 0 amide bonds. The van der Waals surface area contributed by atoms with Crippen molar-refractivity contribution >= 4 is 95.7 Å². The second-order valence-corrected chi connectivity index (χ2v) is 26.1. The van der Waals surface area contributed by atoms with E-state index >= 15 is 0 Å². The summed E-state index contributed by atoms with van der Waals surface area (Å²) >= 11 is 6.05. The van der Waals surface area contributed by atoms with Gasteiger partial charge in [0.15, 0.2) is 16.9 Å². The van der Waals surface area contributed by atoms with Gasteiger partial charge < -0.3 is 29.0 Å². The van der Waals surface area contributed by atoms with Crippen molar-refractivity contribution in [3.63, 3.8) is 0 Å². The summed E-state index contributed by atoms with van der Waals surface area (Å²) in [7, 11) is 5.92. The molecule has 0 aliphatic rings. The third kappa shape index (κ3) is 13.8. The van der Waals surface area contributed by atoms with Gasteiger partial charge in [-0.3, -0.25) is 41.8 Å². The van der Waals surface area contributed by atoms with E-state index in [0.29, 0.717) is 64.4 Å². The van der Waals surface area contributed by atoms with E-state index in [0.717, 1.165) is 78.9 Å². The third-order valence-electron chi connectivity index (χ3n) is 18.6. The molecule has 101 heavy (non-hydrogen) atoms. The average Bonchev–Trinajstić information content (AvgIpc) is 1.61. The Morgan fingerprint density at radius 3 is 1.21 bits per heavy atom. The van der Waals surface area contributed by atoms with Gasteiger partial charge in [-0.2, -0.15) is 15.8 Å². The minimum absolute atomic E-state index is 0.139. The van der Waals surface area contributed by atoms with Gasteiger partial charge in [-0.25, -0.2) is 29.3 Å². The molecule has 0 aliphatic heterocycles. The lowest BCUT2D eigenvalue weighted by Crippen LogP contribution is -2.30. The molecule has 3 atom stereocenters. The zero-order valence-corrected chi connectivity index (χ0v) is 58.1. The van der Waals surface area contributed by atoms with Crippen LogP contribution >= 0.6 is 11.6 Å². The largest absolute Gasteiger partial charge is 0.481 e. The molecule has 0 spiro atoms. The number of halogens is 1. The number of hydrogen-bond acceptors (Lipinski definition) is 12. The van der Waals surface area contributed by atoms with Crippen LogP contribution in [0.2, 0.25) is 5.02 Å². The maximum atomic E-state index is 14.0. The van der Waals surface area contributed by atoms with Gasteiger partial charge >= 0.3 is 35.0 Å². The van der Waals surface area contributed by atoms with Gasteiger partial charge in [-0.15, -0.1) is 0 Å². The van der Waals surface area contributed by atoms with Gasteiger partial charge in [0.2, 0.25) is 0 Å². The van der Waals surface area contributed by atoms with Crippen LogP contribution < -0.4 is 17.1 Å². The lowest BCUT2D eigenvalue weighted by molar-refractivity contribution is -0.139. The average molecular weight is 1380 g/mol. The molecule has 0 aliphatic carbocycles. The molecular weight excluding hydrogens is 1300 g/mol. The summed E-state index contributed by atoms with van der Waals surface area (Å²) in [6, 6.07) is 37.1. The monoisotopic (exact) mass is 1380 g/mol. The second kappa shape index (κ2) is 29.2. The zero-order chi connectivity index (χ0) is 72.4. The molecule has 2 unspecified atom stereocenters. The predicted molar refractivity (Wildman–Crippen MR) is 385 cm³/mol. The molecule has 0 fully saturated rings. The highest BCUT2D eigenvalue weighted by molar-refractivity contribution is 6.30. The van der Waals surface area contributed by atoms with Crippen LogP contribution in [0.25, 0.3) is 66.2 Å². The standard InChI is InChI=1S/C27H22ClN5O3.C25H27N5O3.C24H25N5O3/c1-16-4-3-5-21-25(16)18(14-31(21)2)15-32-22-11-10-20(13-29)30-26(22)33(27(32)36)23(12-24(34)35)17-6-8-19(28)9-7-17;1-5-6-19(11-22(31)32)30-24-20(8-7-18(12-26)27-24)29(25(30)33)14-17-13-28(4)21-10-15(2)9-16(3)23(17)21;1-4-6-18(11-21(30)31)29-23-20(10-9-17(12-25)26-23)28(24(29)32)14-16-13-27(3)19-8-5-7-15(2)22(16)19/h3-11,14,23H,12,15H2,1-2H3,(H,34,35);7-10,13,19H,5-6,11,14H2,1-4H3,(H,31,32);5,7-10,13,18H,4,6,11,14H2,1-3H3,(H,30,31)/t23-;;/m1../s1. The highest BCUT2D eigenvalue weighted by Crippen LogP contribution is 2.33. The van der Waals surface area contributed by atoms with Gasteiger partial charge in [0, 0.05) is 77.5 Å². The quantitative estimate of drug-likeness (QED) is 0.0638. The first-order valence-electron chi connectivity index (χ1n) is 33.0. The van der Waals surface area contributed by atoms with Crippen molar-refractivity contribution in [1.29, 1.82) is 15.8 Å². The number of pyridine rings is 3.